The van der Waals surface area contributed by atoms with Crippen molar-refractivity contribution in [3.05, 3.63) is 0 Å². The Morgan fingerprint density at radius 3 is 1.37 bits per heavy atom. The third kappa shape index (κ3) is 11.6. The molecule has 30 heavy (non-hydrogen) atoms. The van der Waals surface area contributed by atoms with Crippen molar-refractivity contribution in [1.82, 2.24) is 0 Å². The first kappa shape index (κ1) is 30.0. The summed E-state index contributed by atoms with van der Waals surface area (Å²) in [6, 6.07) is 0. The zero-order valence-corrected chi connectivity index (χ0v) is 17.3. The first-order chi connectivity index (χ1) is 13.1. The van der Waals surface area contributed by atoms with Crippen LogP contribution in [0.1, 0.15) is 0 Å². The van der Waals surface area contributed by atoms with Crippen LogP contribution >= 0.6 is 31.3 Å². The second-order valence-corrected chi connectivity index (χ2v) is 10.4. The first-order valence-electron chi connectivity index (χ1n) is 6.57. The van der Waals surface area contributed by atoms with E-state index in [4.69, 9.17) is 29.4 Å². The monoisotopic (exact) mass is 532 g/mol. The van der Waals surface area contributed by atoms with Crippen LogP contribution in [0.4, 0.5) is 0 Å². The largest absolute Gasteiger partial charge is 0.483 e. The van der Waals surface area contributed by atoms with Crippen molar-refractivity contribution < 1.29 is 95.6 Å². The van der Waals surface area contributed by atoms with Gasteiger partial charge in [-0.05, 0) is 0 Å². The van der Waals surface area contributed by atoms with Crippen molar-refractivity contribution in [3.63, 3.8) is 0 Å². The number of phosphoric acid groups is 4. The lowest BCUT2D eigenvalue weighted by atomic mass is 10.0. The number of hydrogen-bond donors (Lipinski definition) is 11. The molecule has 0 saturated carbocycles. The van der Waals surface area contributed by atoms with Gasteiger partial charge in [-0.1, -0.05) is 0 Å². The van der Waals surface area contributed by atoms with Crippen molar-refractivity contribution in [2.75, 3.05) is 0 Å². The molecule has 0 aliphatic heterocycles. The maximum Gasteiger partial charge on any atom is 0.483 e. The number of aliphatic hydroxyl groups excluding tert-OH is 5. The molecule has 180 valence electrons. The molecule has 0 aromatic carbocycles. The lowest BCUT2D eigenvalue weighted by molar-refractivity contribution is -0.184. The average molecular weight is 532 g/mol. The van der Waals surface area contributed by atoms with E-state index >= 15 is 0 Å². The number of phosphoric ester groups is 2. The van der Waals surface area contributed by atoms with E-state index in [1.807, 2.05) is 0 Å². The van der Waals surface area contributed by atoms with Crippen LogP contribution in [-0.4, -0.2) is 91.6 Å². The van der Waals surface area contributed by atoms with Gasteiger partial charge in [0.15, 0.2) is 6.29 Å². The molecule has 7 atom stereocenters. The number of hydrogen-bond acceptors (Lipinski definition) is 14. The third-order valence-electron chi connectivity index (χ3n) is 2.39. The summed E-state index contributed by atoms with van der Waals surface area (Å²) in [6.07, 6.45) is -15.2. The lowest BCUT2D eigenvalue weighted by Crippen LogP contribution is -2.50. The summed E-state index contributed by atoms with van der Waals surface area (Å²) in [7, 11) is -22.9. The van der Waals surface area contributed by atoms with Crippen LogP contribution in [0.25, 0.3) is 0 Å². The quantitative estimate of drug-likeness (QED) is 0.0789. The molecule has 0 aromatic rings. The van der Waals surface area contributed by atoms with Crippen molar-refractivity contribution in [2.45, 2.75) is 30.9 Å². The summed E-state index contributed by atoms with van der Waals surface area (Å²) in [4.78, 5) is 62.9. The second kappa shape index (κ2) is 10.7. The van der Waals surface area contributed by atoms with Crippen molar-refractivity contribution >= 4 is 37.1 Å². The molecule has 0 fully saturated rings. The van der Waals surface area contributed by atoms with Gasteiger partial charge in [0.2, 0.25) is 12.1 Å². The van der Waals surface area contributed by atoms with Gasteiger partial charge < -0.3 is 54.9 Å². The van der Waals surface area contributed by atoms with Gasteiger partial charge in [0.1, 0.15) is 18.3 Å². The SMILES string of the molecule is O=C(C(O)OP(=O)(O)OP(=O)(O)O)[C@@H](O)[C@H](O)[C@H](O)C(O)OP(=O)(O)OP(=O)(O)O. The smallest absolute Gasteiger partial charge is 0.387 e. The van der Waals surface area contributed by atoms with Gasteiger partial charge in [0, 0.05) is 0 Å². The standard InChI is InChI=1S/C6H16O20P4/c7-1(3(9)5(11)23-29(19,20)25-27(13,14)15)2(8)4(10)6(12)24-30(21,22)26-28(16,17)18/h1-3,5-9,11-12H,(H,19,20)(H,21,22)(H2,13,14,15)(H2,16,17,18)/t1-,2-,3-,5?,6?/m0/s1. The van der Waals surface area contributed by atoms with E-state index in [1.165, 1.54) is 0 Å². The van der Waals surface area contributed by atoms with Crippen molar-refractivity contribution in [3.8, 4) is 0 Å². The van der Waals surface area contributed by atoms with Gasteiger partial charge in [-0.3, -0.25) is 9.32 Å². The molecular weight excluding hydrogens is 516 g/mol. The molecule has 0 saturated heterocycles. The highest BCUT2D eigenvalue weighted by molar-refractivity contribution is 7.61. The number of Topliss-reactive ketones (excluding diaryl/α,β-unsaturated/α-hetero) is 1. The molecule has 0 radical (unpaired) electrons. The van der Waals surface area contributed by atoms with Gasteiger partial charge in [-0.15, -0.1) is 0 Å². The summed E-state index contributed by atoms with van der Waals surface area (Å²) in [5.74, 6) is -2.17. The lowest BCUT2D eigenvalue weighted by Gasteiger charge is -2.27. The van der Waals surface area contributed by atoms with Gasteiger partial charge in [-0.25, -0.2) is 22.8 Å². The zero-order valence-electron chi connectivity index (χ0n) is 13.8. The van der Waals surface area contributed by atoms with Crippen LogP contribution in [0.2, 0.25) is 0 Å². The average Bonchev–Trinajstić information content (AvgIpc) is 2.45. The minimum absolute atomic E-state index is 2.17. The number of rotatable bonds is 13. The Balaban J connectivity index is 5.12. The maximum absolute atomic E-state index is 11.6. The van der Waals surface area contributed by atoms with Crippen LogP contribution in [0, 0.1) is 0 Å². The highest BCUT2D eigenvalue weighted by Crippen LogP contribution is 2.59. The van der Waals surface area contributed by atoms with Crippen LogP contribution in [-0.2, 0) is 40.7 Å². The van der Waals surface area contributed by atoms with E-state index in [-0.39, 0.29) is 0 Å². The molecule has 0 aromatic heterocycles. The number of carbonyl (C=O) groups is 1. The normalized spacial score (nSPS) is 22.2. The minimum Gasteiger partial charge on any atom is -0.387 e. The van der Waals surface area contributed by atoms with Gasteiger partial charge >= 0.3 is 31.3 Å². The summed E-state index contributed by atoms with van der Waals surface area (Å²) in [5.41, 5.74) is 0. The maximum atomic E-state index is 11.6. The molecule has 0 amide bonds. The summed E-state index contributed by atoms with van der Waals surface area (Å²) >= 11 is 0. The summed E-state index contributed by atoms with van der Waals surface area (Å²) in [5, 5.41) is 47.0. The Labute approximate surface area is 164 Å². The predicted octanol–water partition coefficient (Wildman–Crippen LogP) is -4.27. The van der Waals surface area contributed by atoms with Crippen LogP contribution in [0.5, 0.6) is 0 Å². The Morgan fingerprint density at radius 2 is 1.00 bits per heavy atom. The molecule has 0 bridgehead atoms. The second-order valence-electron chi connectivity index (χ2n) is 4.86. The Morgan fingerprint density at radius 1 is 0.633 bits per heavy atom. The summed E-state index contributed by atoms with van der Waals surface area (Å²) in [6.45, 7) is 0. The molecule has 0 aliphatic carbocycles. The van der Waals surface area contributed by atoms with Crippen molar-refractivity contribution in [1.29, 1.82) is 0 Å². The molecule has 11 N–H and O–H groups in total. The first-order valence-corrected chi connectivity index (χ1v) is 12.6. The van der Waals surface area contributed by atoms with Gasteiger partial charge in [-0.2, -0.15) is 8.62 Å². The highest BCUT2D eigenvalue weighted by atomic mass is 31.3. The van der Waals surface area contributed by atoms with E-state index in [9.17, 15) is 48.6 Å². The fraction of sp³-hybridized carbons (Fsp3) is 0.833. The van der Waals surface area contributed by atoms with Gasteiger partial charge in [0.25, 0.3) is 0 Å². The van der Waals surface area contributed by atoms with Crippen LogP contribution in [0.3, 0.4) is 0 Å². The number of ketones is 1. The molecule has 20 nitrogen and oxygen atoms in total. The molecule has 0 aliphatic rings. The molecule has 0 spiro atoms. The fourth-order valence-electron chi connectivity index (χ4n) is 1.35. The molecule has 24 heteroatoms. The van der Waals surface area contributed by atoms with E-state index in [1.54, 1.807) is 0 Å². The molecule has 0 rings (SSSR count). The Hall–Kier alpha value is -0.0100. The minimum atomic E-state index is -5.81. The summed E-state index contributed by atoms with van der Waals surface area (Å²) < 4.78 is 56.9. The van der Waals surface area contributed by atoms with Crippen LogP contribution < -0.4 is 0 Å². The predicted molar refractivity (Wildman–Crippen MR) is 83.1 cm³/mol. The van der Waals surface area contributed by atoms with Gasteiger partial charge in [0.05, 0.1) is 0 Å². The highest BCUT2D eigenvalue weighted by Gasteiger charge is 2.44. The third-order valence-corrected chi connectivity index (χ3v) is 6.70. The fourth-order valence-corrected chi connectivity index (χ4v) is 4.57. The number of carbonyl (C=O) groups excluding carboxylic acids is 1. The topological polar surface area (TPSA) is 345 Å². The van der Waals surface area contributed by atoms with E-state index in [0.717, 1.165) is 0 Å². The van der Waals surface area contributed by atoms with Crippen LogP contribution in [0.15, 0.2) is 0 Å². The van der Waals surface area contributed by atoms with Crippen molar-refractivity contribution in [2.24, 2.45) is 0 Å². The Kier molecular flexibility index (Phi) is 10.7. The molecular formula is C6H16O20P4. The zero-order chi connectivity index (χ0) is 24.3. The Bertz CT molecular complexity index is 780. The van der Waals surface area contributed by atoms with E-state index < -0.39 is 68.0 Å². The number of aliphatic hydroxyl groups is 5. The van der Waals surface area contributed by atoms with E-state index in [2.05, 4.69) is 17.7 Å². The molecule has 0 heterocycles. The molecule has 4 unspecified atom stereocenters. The van der Waals surface area contributed by atoms with E-state index in [0.29, 0.717) is 0 Å².